The summed E-state index contributed by atoms with van der Waals surface area (Å²) in [7, 11) is 0. The third kappa shape index (κ3) is 3.48. The smallest absolute Gasteiger partial charge is 0.0161 e. The van der Waals surface area contributed by atoms with Crippen molar-refractivity contribution in [3.05, 3.63) is 0 Å². The number of hydrogen-bond acceptors (Lipinski definition) is 2. The van der Waals surface area contributed by atoms with Crippen LogP contribution in [0.5, 0.6) is 0 Å². The molecule has 0 amide bonds. The summed E-state index contributed by atoms with van der Waals surface area (Å²) in [5.41, 5.74) is 0. The molecule has 18 heavy (non-hydrogen) atoms. The Labute approximate surface area is 114 Å². The van der Waals surface area contributed by atoms with Crippen LogP contribution in [-0.4, -0.2) is 36.2 Å². The van der Waals surface area contributed by atoms with Gasteiger partial charge in [0, 0.05) is 26.2 Å². The molecule has 0 aromatic carbocycles. The van der Waals surface area contributed by atoms with Gasteiger partial charge in [-0.1, -0.05) is 40.5 Å². The normalized spacial score (nSPS) is 40.0. The number of hydrogen-bond donors (Lipinski definition) is 0. The quantitative estimate of drug-likeness (QED) is 0.756. The van der Waals surface area contributed by atoms with Gasteiger partial charge in [-0.3, -0.25) is 0 Å². The van der Waals surface area contributed by atoms with Crippen LogP contribution in [0.25, 0.3) is 0 Å². The van der Waals surface area contributed by atoms with E-state index in [0.717, 1.165) is 23.7 Å². The van der Waals surface area contributed by atoms with Crippen LogP contribution in [0.3, 0.4) is 0 Å². The molecular weight excluding hydrogens is 220 g/mol. The zero-order valence-electron chi connectivity index (χ0n) is 12.9. The maximum atomic E-state index is 2.71. The van der Waals surface area contributed by atoms with Gasteiger partial charge in [-0.05, 0) is 36.5 Å². The molecule has 2 rings (SSSR count). The van der Waals surface area contributed by atoms with Crippen molar-refractivity contribution in [2.75, 3.05) is 26.2 Å². The molecular formula is C16H32N2. The topological polar surface area (TPSA) is 6.48 Å². The summed E-state index contributed by atoms with van der Waals surface area (Å²) in [5, 5.41) is 5.39. The second kappa shape index (κ2) is 6.38. The monoisotopic (exact) mass is 252 g/mol. The van der Waals surface area contributed by atoms with Crippen molar-refractivity contribution in [2.45, 2.75) is 53.4 Å². The first kappa shape index (κ1) is 14.3. The van der Waals surface area contributed by atoms with E-state index >= 15 is 0 Å². The first-order chi connectivity index (χ1) is 8.62. The van der Waals surface area contributed by atoms with E-state index in [1.54, 1.807) is 0 Å². The van der Waals surface area contributed by atoms with E-state index in [0.29, 0.717) is 0 Å². The number of piperidine rings is 2. The molecule has 0 spiro atoms. The molecule has 0 aromatic rings. The third-order valence-electron chi connectivity index (χ3n) is 5.01. The number of rotatable bonds is 3. The lowest BCUT2D eigenvalue weighted by Gasteiger charge is -2.47. The average molecular weight is 252 g/mol. The van der Waals surface area contributed by atoms with Crippen molar-refractivity contribution >= 4 is 0 Å². The Balaban J connectivity index is 1.97. The highest BCUT2D eigenvalue weighted by molar-refractivity contribution is 4.80. The summed E-state index contributed by atoms with van der Waals surface area (Å²) < 4.78 is 0. The van der Waals surface area contributed by atoms with E-state index in [-0.39, 0.29) is 0 Å². The molecule has 0 aliphatic carbocycles. The fourth-order valence-corrected chi connectivity index (χ4v) is 3.97. The van der Waals surface area contributed by atoms with Gasteiger partial charge in [-0.15, -0.1) is 0 Å². The van der Waals surface area contributed by atoms with Crippen LogP contribution >= 0.6 is 0 Å². The summed E-state index contributed by atoms with van der Waals surface area (Å²) in [5.74, 6) is 3.60. The Morgan fingerprint density at radius 1 is 0.722 bits per heavy atom. The van der Waals surface area contributed by atoms with Gasteiger partial charge in [0.2, 0.25) is 0 Å². The lowest BCUT2D eigenvalue weighted by Crippen LogP contribution is -2.55. The van der Waals surface area contributed by atoms with Crippen LogP contribution in [0.4, 0.5) is 0 Å². The summed E-state index contributed by atoms with van der Waals surface area (Å²) in [6.07, 6.45) is 5.58. The predicted octanol–water partition coefficient (Wildman–Crippen LogP) is 3.64. The Kier molecular flexibility index (Phi) is 5.08. The second-order valence-corrected chi connectivity index (χ2v) is 6.97. The van der Waals surface area contributed by atoms with Gasteiger partial charge in [0.15, 0.2) is 0 Å². The standard InChI is InChI=1S/C16H32N2/c1-5-15-8-16(6-2)12-18(11-15)17-9-13(3)7-14(4)10-17/h13-16H,5-12H2,1-4H3. The van der Waals surface area contributed by atoms with Crippen molar-refractivity contribution in [1.82, 2.24) is 10.0 Å². The van der Waals surface area contributed by atoms with Gasteiger partial charge in [-0.25, -0.2) is 10.0 Å². The van der Waals surface area contributed by atoms with E-state index < -0.39 is 0 Å². The molecule has 2 heterocycles. The first-order valence-electron chi connectivity index (χ1n) is 8.12. The number of hydrazine groups is 1. The van der Waals surface area contributed by atoms with Crippen molar-refractivity contribution < 1.29 is 0 Å². The maximum absolute atomic E-state index is 2.71. The Morgan fingerprint density at radius 2 is 1.17 bits per heavy atom. The van der Waals surface area contributed by atoms with Gasteiger partial charge >= 0.3 is 0 Å². The van der Waals surface area contributed by atoms with Gasteiger partial charge < -0.3 is 0 Å². The number of nitrogens with zero attached hydrogens (tertiary/aromatic N) is 2. The molecule has 0 radical (unpaired) electrons. The van der Waals surface area contributed by atoms with Crippen LogP contribution in [-0.2, 0) is 0 Å². The first-order valence-corrected chi connectivity index (χ1v) is 8.12. The highest BCUT2D eigenvalue weighted by Gasteiger charge is 2.32. The fourth-order valence-electron chi connectivity index (χ4n) is 3.97. The summed E-state index contributed by atoms with van der Waals surface area (Å²) in [6, 6.07) is 0. The van der Waals surface area contributed by atoms with E-state index in [9.17, 15) is 0 Å². The van der Waals surface area contributed by atoms with Gasteiger partial charge in [0.05, 0.1) is 0 Å². The van der Waals surface area contributed by atoms with E-state index in [4.69, 9.17) is 0 Å². The van der Waals surface area contributed by atoms with Gasteiger partial charge in [0.1, 0.15) is 0 Å². The summed E-state index contributed by atoms with van der Waals surface area (Å²) in [6.45, 7) is 14.8. The molecule has 4 unspecified atom stereocenters. The highest BCUT2D eigenvalue weighted by Crippen LogP contribution is 2.30. The van der Waals surface area contributed by atoms with Crippen molar-refractivity contribution in [3.8, 4) is 0 Å². The van der Waals surface area contributed by atoms with E-state index in [1.165, 1.54) is 51.9 Å². The molecule has 2 saturated heterocycles. The minimum atomic E-state index is 0.871. The molecule has 0 N–H and O–H groups in total. The van der Waals surface area contributed by atoms with Crippen LogP contribution in [0, 0.1) is 23.7 Å². The lowest BCUT2D eigenvalue weighted by molar-refractivity contribution is -0.104. The largest absolute Gasteiger partial charge is 0.241 e. The average Bonchev–Trinajstić information content (AvgIpc) is 2.37. The zero-order chi connectivity index (χ0) is 13.1. The predicted molar refractivity (Wildman–Crippen MR) is 78.3 cm³/mol. The molecule has 2 aliphatic heterocycles. The summed E-state index contributed by atoms with van der Waals surface area (Å²) in [4.78, 5) is 0. The van der Waals surface area contributed by atoms with Crippen LogP contribution in [0.2, 0.25) is 0 Å². The lowest BCUT2D eigenvalue weighted by atomic mass is 9.86. The van der Waals surface area contributed by atoms with Crippen molar-refractivity contribution in [3.63, 3.8) is 0 Å². The Hall–Kier alpha value is -0.0800. The van der Waals surface area contributed by atoms with Gasteiger partial charge in [0.25, 0.3) is 0 Å². The third-order valence-corrected chi connectivity index (χ3v) is 5.01. The van der Waals surface area contributed by atoms with Crippen LogP contribution < -0.4 is 0 Å². The van der Waals surface area contributed by atoms with Crippen LogP contribution in [0.1, 0.15) is 53.4 Å². The second-order valence-electron chi connectivity index (χ2n) is 6.97. The Bertz CT molecular complexity index is 231. The van der Waals surface area contributed by atoms with Crippen molar-refractivity contribution in [1.29, 1.82) is 0 Å². The zero-order valence-corrected chi connectivity index (χ0v) is 12.9. The molecule has 0 aromatic heterocycles. The van der Waals surface area contributed by atoms with Crippen molar-refractivity contribution in [2.24, 2.45) is 23.7 Å². The SMILES string of the molecule is CCC1CC(CC)CN(N2CC(C)CC(C)C2)C1. The van der Waals surface area contributed by atoms with E-state index in [2.05, 4.69) is 37.7 Å². The minimum absolute atomic E-state index is 0.871. The molecule has 0 saturated carbocycles. The summed E-state index contributed by atoms with van der Waals surface area (Å²) >= 11 is 0. The molecule has 106 valence electrons. The molecule has 0 bridgehead atoms. The van der Waals surface area contributed by atoms with Gasteiger partial charge in [-0.2, -0.15) is 0 Å². The minimum Gasteiger partial charge on any atom is -0.241 e. The molecule has 2 heteroatoms. The van der Waals surface area contributed by atoms with E-state index in [1.807, 2.05) is 0 Å². The molecule has 4 atom stereocenters. The molecule has 2 aliphatic rings. The fraction of sp³-hybridized carbons (Fsp3) is 1.00. The molecule has 2 nitrogen and oxygen atoms in total. The van der Waals surface area contributed by atoms with Crippen LogP contribution in [0.15, 0.2) is 0 Å². The highest BCUT2D eigenvalue weighted by atomic mass is 15.6. The Morgan fingerprint density at radius 3 is 1.61 bits per heavy atom. The molecule has 2 fully saturated rings. The maximum Gasteiger partial charge on any atom is 0.0161 e.